The van der Waals surface area contributed by atoms with Crippen LogP contribution in [-0.4, -0.2) is 15.9 Å². The van der Waals surface area contributed by atoms with Crippen LogP contribution in [0.1, 0.15) is 10.9 Å². The summed E-state index contributed by atoms with van der Waals surface area (Å²) in [6.07, 6.45) is -0.321. The lowest BCUT2D eigenvalue weighted by Gasteiger charge is -2.10. The maximum atomic E-state index is 10.6. The van der Waals surface area contributed by atoms with Gasteiger partial charge in [-0.1, -0.05) is 30.3 Å². The van der Waals surface area contributed by atoms with Crippen LogP contribution in [0, 0.1) is 0 Å². The zero-order chi connectivity index (χ0) is 9.90. The van der Waals surface area contributed by atoms with Gasteiger partial charge in [0.1, 0.15) is 0 Å². The third kappa shape index (κ3) is 3.92. The van der Waals surface area contributed by atoms with Gasteiger partial charge in [0.15, 0.2) is 0 Å². The molecule has 0 saturated carbocycles. The fourth-order valence-electron chi connectivity index (χ4n) is 0.976. The van der Waals surface area contributed by atoms with Crippen molar-refractivity contribution in [1.29, 1.82) is 0 Å². The van der Waals surface area contributed by atoms with Gasteiger partial charge in [-0.25, -0.2) is 0 Å². The van der Waals surface area contributed by atoms with Crippen molar-refractivity contribution < 1.29 is 14.4 Å². The highest BCUT2D eigenvalue weighted by atomic mass is 35.5. The molecule has 2 N–H and O–H groups in total. The van der Waals surface area contributed by atoms with Gasteiger partial charge in [-0.05, 0) is 5.56 Å². The molecule has 0 aromatic heterocycles. The maximum Gasteiger partial charge on any atom is 0.327 e. The van der Waals surface area contributed by atoms with E-state index < -0.39 is 13.0 Å². The predicted molar refractivity (Wildman–Crippen MR) is 51.9 cm³/mol. The van der Waals surface area contributed by atoms with Crippen LogP contribution in [0.15, 0.2) is 30.3 Å². The molecule has 0 aliphatic carbocycles. The lowest BCUT2D eigenvalue weighted by Crippen LogP contribution is -1.97. The second kappa shape index (κ2) is 4.25. The molecule has 0 aliphatic heterocycles. The second-order valence-corrected chi connectivity index (χ2v) is 4.95. The topological polar surface area (TPSA) is 57.5 Å². The predicted octanol–water partition coefficient (Wildman–Crippen LogP) is 2.14. The molecule has 0 bridgehead atoms. The summed E-state index contributed by atoms with van der Waals surface area (Å²) in [5, 5.41) is -0.623. The second-order valence-electron chi connectivity index (χ2n) is 2.73. The summed E-state index contributed by atoms with van der Waals surface area (Å²) in [4.78, 5) is 17.4. The zero-order valence-corrected chi connectivity index (χ0v) is 8.45. The van der Waals surface area contributed by atoms with Gasteiger partial charge in [0, 0.05) is 0 Å². The van der Waals surface area contributed by atoms with E-state index in [4.69, 9.17) is 21.4 Å². The van der Waals surface area contributed by atoms with Gasteiger partial charge >= 0.3 is 7.60 Å². The maximum absolute atomic E-state index is 10.6. The minimum atomic E-state index is -4.02. The largest absolute Gasteiger partial charge is 0.327 e. The normalized spacial score (nSPS) is 14.1. The van der Waals surface area contributed by atoms with Crippen molar-refractivity contribution in [3.63, 3.8) is 0 Å². The van der Waals surface area contributed by atoms with Crippen LogP contribution < -0.4 is 0 Å². The van der Waals surface area contributed by atoms with Gasteiger partial charge in [-0.15, -0.1) is 11.6 Å². The van der Waals surface area contributed by atoms with E-state index in [1.807, 2.05) is 6.07 Å². The third-order valence-electron chi connectivity index (χ3n) is 1.56. The highest BCUT2D eigenvalue weighted by Crippen LogP contribution is 2.41. The Morgan fingerprint density at radius 2 is 1.85 bits per heavy atom. The molecule has 1 atom stereocenters. The molecule has 1 rings (SSSR count). The number of hydrogen-bond acceptors (Lipinski definition) is 1. The van der Waals surface area contributed by atoms with Crippen molar-refractivity contribution in [3.05, 3.63) is 35.9 Å². The van der Waals surface area contributed by atoms with Crippen LogP contribution >= 0.6 is 19.2 Å². The highest BCUT2D eigenvalue weighted by molar-refractivity contribution is 7.51. The summed E-state index contributed by atoms with van der Waals surface area (Å²) in [5.74, 6) is 0. The molecule has 0 spiro atoms. The molecule has 0 amide bonds. The van der Waals surface area contributed by atoms with Gasteiger partial charge in [0.05, 0.1) is 11.5 Å². The highest BCUT2D eigenvalue weighted by Gasteiger charge is 2.20. The minimum absolute atomic E-state index is 0.321. The average Bonchev–Trinajstić information content (AvgIpc) is 2.03. The van der Waals surface area contributed by atoms with E-state index in [1.165, 1.54) is 0 Å². The van der Waals surface area contributed by atoms with Crippen LogP contribution in [0.4, 0.5) is 0 Å². The Kier molecular flexibility index (Phi) is 3.51. The van der Waals surface area contributed by atoms with Gasteiger partial charge in [0.2, 0.25) is 0 Å². The van der Waals surface area contributed by atoms with Crippen molar-refractivity contribution in [2.24, 2.45) is 0 Å². The van der Waals surface area contributed by atoms with E-state index >= 15 is 0 Å². The first kappa shape index (κ1) is 10.7. The fraction of sp³-hybridized carbons (Fsp3) is 0.250. The van der Waals surface area contributed by atoms with Crippen LogP contribution in [0.2, 0.25) is 0 Å². The van der Waals surface area contributed by atoms with E-state index in [2.05, 4.69) is 0 Å². The number of benzene rings is 1. The Morgan fingerprint density at radius 1 is 1.31 bits per heavy atom. The molecule has 1 unspecified atom stereocenters. The fourth-order valence-corrected chi connectivity index (χ4v) is 2.29. The molecular formula is C8H10ClO3P. The number of rotatable bonds is 3. The van der Waals surface area contributed by atoms with Crippen LogP contribution in [0.3, 0.4) is 0 Å². The van der Waals surface area contributed by atoms with Crippen LogP contribution in [0.25, 0.3) is 0 Å². The van der Waals surface area contributed by atoms with Crippen LogP contribution in [0.5, 0.6) is 0 Å². The Balaban J connectivity index is 2.70. The summed E-state index contributed by atoms with van der Waals surface area (Å²) in [6, 6.07) is 8.88. The molecule has 5 heteroatoms. The van der Waals surface area contributed by atoms with Crippen molar-refractivity contribution in [2.75, 3.05) is 6.16 Å². The molecule has 13 heavy (non-hydrogen) atoms. The first-order valence-corrected chi connectivity index (χ1v) is 5.96. The molecule has 0 saturated heterocycles. The molecule has 0 heterocycles. The first-order chi connectivity index (χ1) is 5.99. The molecule has 1 aromatic carbocycles. The summed E-state index contributed by atoms with van der Waals surface area (Å²) >= 11 is 5.80. The molecular weight excluding hydrogens is 211 g/mol. The molecule has 0 fully saturated rings. The Morgan fingerprint density at radius 3 is 2.31 bits per heavy atom. The van der Waals surface area contributed by atoms with Gasteiger partial charge < -0.3 is 9.79 Å². The van der Waals surface area contributed by atoms with Crippen LogP contribution in [-0.2, 0) is 4.57 Å². The van der Waals surface area contributed by atoms with Crippen molar-refractivity contribution in [2.45, 2.75) is 5.38 Å². The lowest BCUT2D eigenvalue weighted by molar-refractivity contribution is 0.372. The van der Waals surface area contributed by atoms with E-state index in [0.29, 0.717) is 0 Å². The summed E-state index contributed by atoms with van der Waals surface area (Å²) < 4.78 is 10.6. The lowest BCUT2D eigenvalue weighted by atomic mass is 10.2. The van der Waals surface area contributed by atoms with E-state index in [-0.39, 0.29) is 6.16 Å². The summed E-state index contributed by atoms with van der Waals surface area (Å²) in [5.41, 5.74) is 0.729. The molecule has 0 radical (unpaired) electrons. The summed E-state index contributed by atoms with van der Waals surface area (Å²) in [7, 11) is -4.02. The van der Waals surface area contributed by atoms with Crippen molar-refractivity contribution in [1.82, 2.24) is 0 Å². The van der Waals surface area contributed by atoms with Crippen molar-refractivity contribution >= 4 is 19.2 Å². The minimum Gasteiger partial charge on any atom is -0.324 e. The van der Waals surface area contributed by atoms with E-state index in [9.17, 15) is 4.57 Å². The Hall–Kier alpha value is -0.340. The number of halogens is 1. The van der Waals surface area contributed by atoms with Gasteiger partial charge in [-0.3, -0.25) is 4.57 Å². The summed E-state index contributed by atoms with van der Waals surface area (Å²) in [6.45, 7) is 0. The third-order valence-corrected chi connectivity index (χ3v) is 3.02. The first-order valence-electron chi connectivity index (χ1n) is 3.72. The molecule has 3 nitrogen and oxygen atoms in total. The Labute approximate surface area is 81.5 Å². The number of hydrogen-bond donors (Lipinski definition) is 2. The average molecular weight is 221 g/mol. The SMILES string of the molecule is O=P(O)(O)CC(Cl)c1ccccc1. The zero-order valence-electron chi connectivity index (χ0n) is 6.80. The number of alkyl halides is 1. The van der Waals surface area contributed by atoms with Gasteiger partial charge in [-0.2, -0.15) is 0 Å². The smallest absolute Gasteiger partial charge is 0.324 e. The van der Waals surface area contributed by atoms with E-state index in [0.717, 1.165) is 5.56 Å². The Bertz CT molecular complexity index is 308. The molecule has 1 aromatic rings. The quantitative estimate of drug-likeness (QED) is 0.606. The van der Waals surface area contributed by atoms with E-state index in [1.54, 1.807) is 24.3 Å². The monoisotopic (exact) mass is 220 g/mol. The molecule has 72 valence electrons. The standard InChI is InChI=1S/C8H10ClO3P/c9-8(6-13(10,11)12)7-4-2-1-3-5-7/h1-5,8H,6H2,(H2,10,11,12). The molecule has 0 aliphatic rings. The van der Waals surface area contributed by atoms with Gasteiger partial charge in [0.25, 0.3) is 0 Å². The van der Waals surface area contributed by atoms with Crippen molar-refractivity contribution in [3.8, 4) is 0 Å².